The van der Waals surface area contributed by atoms with Crippen LogP contribution >= 0.6 is 0 Å². The van der Waals surface area contributed by atoms with E-state index in [0.717, 1.165) is 42.2 Å². The van der Waals surface area contributed by atoms with Crippen LogP contribution in [0.5, 0.6) is 0 Å². The van der Waals surface area contributed by atoms with Crippen molar-refractivity contribution in [2.75, 3.05) is 42.3 Å². The number of likely N-dealkylation sites (N-methyl/N-ethyl adjacent to an activating group) is 1. The lowest BCUT2D eigenvalue weighted by Crippen LogP contribution is -2.51. The van der Waals surface area contributed by atoms with Gasteiger partial charge < -0.3 is 20.1 Å². The molecule has 0 bridgehead atoms. The summed E-state index contributed by atoms with van der Waals surface area (Å²) >= 11 is 0. The van der Waals surface area contributed by atoms with Gasteiger partial charge in [-0.3, -0.25) is 0 Å². The number of aromatic nitrogens is 5. The predicted molar refractivity (Wildman–Crippen MR) is 104 cm³/mol. The van der Waals surface area contributed by atoms with Gasteiger partial charge >= 0.3 is 0 Å². The van der Waals surface area contributed by atoms with E-state index >= 15 is 0 Å². The van der Waals surface area contributed by atoms with E-state index in [1.165, 1.54) is 0 Å². The van der Waals surface area contributed by atoms with Gasteiger partial charge in [0, 0.05) is 39.6 Å². The number of rotatable bonds is 4. The van der Waals surface area contributed by atoms with Gasteiger partial charge in [-0.2, -0.15) is 4.98 Å². The third-order valence-corrected chi connectivity index (χ3v) is 5.27. The number of nitrogens with one attached hydrogen (secondary N) is 2. The van der Waals surface area contributed by atoms with Crippen molar-refractivity contribution in [2.24, 2.45) is 5.92 Å². The highest BCUT2D eigenvalue weighted by Gasteiger charge is 2.31. The molecule has 26 heavy (non-hydrogen) atoms. The number of aromatic amines is 1. The molecular formula is C18H24N8. The molecule has 1 fully saturated rings. The van der Waals surface area contributed by atoms with Crippen LogP contribution < -0.4 is 15.1 Å². The number of piperidine rings is 1. The molecule has 0 aromatic carbocycles. The van der Waals surface area contributed by atoms with Crippen LogP contribution in [0.3, 0.4) is 0 Å². The largest absolute Gasteiger partial charge is 0.357 e. The van der Waals surface area contributed by atoms with Crippen molar-refractivity contribution >= 4 is 28.6 Å². The minimum Gasteiger partial charge on any atom is -0.357 e. The Hall–Kier alpha value is -2.90. The van der Waals surface area contributed by atoms with Gasteiger partial charge in [0.1, 0.15) is 23.6 Å². The summed E-state index contributed by atoms with van der Waals surface area (Å²) in [5, 5.41) is 4.07. The van der Waals surface area contributed by atoms with Crippen molar-refractivity contribution in [1.82, 2.24) is 24.9 Å². The highest BCUT2D eigenvalue weighted by atomic mass is 15.3. The zero-order valence-corrected chi connectivity index (χ0v) is 15.3. The predicted octanol–water partition coefficient (Wildman–Crippen LogP) is 2.14. The first-order valence-corrected chi connectivity index (χ1v) is 8.94. The van der Waals surface area contributed by atoms with Gasteiger partial charge in [-0.15, -0.1) is 0 Å². The normalized spacial score (nSPS) is 20.3. The number of fused-ring (bicyclic) bond motifs is 1. The summed E-state index contributed by atoms with van der Waals surface area (Å²) in [5.74, 6) is 3.14. The van der Waals surface area contributed by atoms with Crippen LogP contribution in [0.4, 0.5) is 17.6 Å². The summed E-state index contributed by atoms with van der Waals surface area (Å²) in [7, 11) is 3.96. The lowest BCUT2D eigenvalue weighted by Gasteiger charge is -2.42. The van der Waals surface area contributed by atoms with E-state index in [-0.39, 0.29) is 0 Å². The Bertz CT molecular complexity index is 892. The molecular weight excluding hydrogens is 328 g/mol. The van der Waals surface area contributed by atoms with Crippen molar-refractivity contribution < 1.29 is 0 Å². The molecule has 0 saturated carbocycles. The summed E-state index contributed by atoms with van der Waals surface area (Å²) in [6.07, 6.45) is 6.45. The summed E-state index contributed by atoms with van der Waals surface area (Å²) in [4.78, 5) is 25.5. The van der Waals surface area contributed by atoms with Crippen molar-refractivity contribution in [3.63, 3.8) is 0 Å². The molecule has 8 heteroatoms. The Morgan fingerprint density at radius 3 is 3.00 bits per heavy atom. The molecule has 0 amide bonds. The maximum atomic E-state index is 4.60. The molecule has 3 aromatic rings. The summed E-state index contributed by atoms with van der Waals surface area (Å²) in [5.41, 5.74) is 0.872. The molecule has 0 aliphatic carbocycles. The van der Waals surface area contributed by atoms with Gasteiger partial charge in [0.25, 0.3) is 0 Å². The van der Waals surface area contributed by atoms with E-state index < -0.39 is 0 Å². The van der Waals surface area contributed by atoms with E-state index in [0.29, 0.717) is 17.9 Å². The van der Waals surface area contributed by atoms with Gasteiger partial charge in [-0.25, -0.2) is 15.0 Å². The molecule has 3 aromatic heterocycles. The molecule has 0 radical (unpaired) electrons. The fourth-order valence-corrected chi connectivity index (χ4v) is 3.70. The first-order chi connectivity index (χ1) is 12.7. The number of hydrogen-bond acceptors (Lipinski definition) is 7. The second kappa shape index (κ2) is 6.78. The molecule has 4 rings (SSSR count). The van der Waals surface area contributed by atoms with Crippen molar-refractivity contribution in [1.29, 1.82) is 0 Å². The molecule has 136 valence electrons. The molecule has 8 nitrogen and oxygen atoms in total. The molecule has 1 aliphatic rings. The summed E-state index contributed by atoms with van der Waals surface area (Å²) in [6.45, 7) is 4.20. The van der Waals surface area contributed by atoms with E-state index in [4.69, 9.17) is 0 Å². The number of anilines is 3. The summed E-state index contributed by atoms with van der Waals surface area (Å²) in [6, 6.07) is 4.35. The standard InChI is InChI=1S/C18H24N8/c1-12-6-9-26(15-5-8-21-18(19-2)24-15)10-14(12)25(3)17-13-4-7-20-16(13)22-11-23-17/h4-5,7-8,11-12,14H,6,9-10H2,1-3H3,(H,19,21,24)(H,20,22,23). The monoisotopic (exact) mass is 352 g/mol. The number of hydrogen-bond donors (Lipinski definition) is 2. The molecule has 2 atom stereocenters. The third-order valence-electron chi connectivity index (χ3n) is 5.27. The SMILES string of the molecule is CNc1nccc(N2CCC(C)C(N(C)c3ncnc4[nH]ccc34)C2)n1. The second-order valence-electron chi connectivity index (χ2n) is 6.82. The quantitative estimate of drug-likeness (QED) is 0.744. The second-order valence-corrected chi connectivity index (χ2v) is 6.82. The highest BCUT2D eigenvalue weighted by Crippen LogP contribution is 2.30. The average molecular weight is 352 g/mol. The molecule has 2 unspecified atom stereocenters. The van der Waals surface area contributed by atoms with Gasteiger partial charge in [0.2, 0.25) is 5.95 Å². The average Bonchev–Trinajstić information content (AvgIpc) is 3.16. The lowest BCUT2D eigenvalue weighted by atomic mass is 9.92. The third kappa shape index (κ3) is 2.91. The Morgan fingerprint density at radius 1 is 1.27 bits per heavy atom. The smallest absolute Gasteiger partial charge is 0.224 e. The van der Waals surface area contributed by atoms with Gasteiger partial charge in [0.15, 0.2) is 0 Å². The Balaban J connectivity index is 1.61. The van der Waals surface area contributed by atoms with Crippen molar-refractivity contribution in [2.45, 2.75) is 19.4 Å². The summed E-state index contributed by atoms with van der Waals surface area (Å²) < 4.78 is 0. The van der Waals surface area contributed by atoms with E-state index in [1.807, 2.05) is 25.4 Å². The van der Waals surface area contributed by atoms with Gasteiger partial charge in [0.05, 0.1) is 11.4 Å². The lowest BCUT2D eigenvalue weighted by molar-refractivity contribution is 0.366. The van der Waals surface area contributed by atoms with Crippen molar-refractivity contribution in [3.05, 3.63) is 30.9 Å². The van der Waals surface area contributed by atoms with E-state index in [2.05, 4.69) is 54.0 Å². The van der Waals surface area contributed by atoms with Gasteiger partial charge in [-0.1, -0.05) is 6.92 Å². The fourth-order valence-electron chi connectivity index (χ4n) is 3.70. The molecule has 1 saturated heterocycles. The Kier molecular flexibility index (Phi) is 4.32. The highest BCUT2D eigenvalue weighted by molar-refractivity contribution is 5.87. The Labute approximate surface area is 152 Å². The first-order valence-electron chi connectivity index (χ1n) is 8.94. The molecule has 0 spiro atoms. The van der Waals surface area contributed by atoms with Crippen molar-refractivity contribution in [3.8, 4) is 0 Å². The van der Waals surface area contributed by atoms with Crippen LogP contribution in [0.15, 0.2) is 30.9 Å². The fraction of sp³-hybridized carbons (Fsp3) is 0.444. The van der Waals surface area contributed by atoms with Crippen LogP contribution in [0.25, 0.3) is 11.0 Å². The van der Waals surface area contributed by atoms with E-state index in [1.54, 1.807) is 12.5 Å². The van der Waals surface area contributed by atoms with Crippen LogP contribution in [-0.4, -0.2) is 58.1 Å². The molecule has 1 aliphatic heterocycles. The van der Waals surface area contributed by atoms with E-state index in [9.17, 15) is 0 Å². The van der Waals surface area contributed by atoms with Crippen LogP contribution in [0.1, 0.15) is 13.3 Å². The van der Waals surface area contributed by atoms with Crippen LogP contribution in [0.2, 0.25) is 0 Å². The molecule has 2 N–H and O–H groups in total. The Morgan fingerprint density at radius 2 is 2.15 bits per heavy atom. The minimum absolute atomic E-state index is 0.338. The maximum absolute atomic E-state index is 4.60. The van der Waals surface area contributed by atoms with Crippen LogP contribution in [0, 0.1) is 5.92 Å². The first kappa shape index (κ1) is 16.6. The minimum atomic E-state index is 0.338. The molecule has 4 heterocycles. The number of nitrogens with zero attached hydrogens (tertiary/aromatic N) is 6. The zero-order chi connectivity index (χ0) is 18.1. The van der Waals surface area contributed by atoms with Crippen LogP contribution in [-0.2, 0) is 0 Å². The number of H-pyrrole nitrogens is 1. The zero-order valence-electron chi connectivity index (χ0n) is 15.3. The topological polar surface area (TPSA) is 85.9 Å². The maximum Gasteiger partial charge on any atom is 0.224 e. The van der Waals surface area contributed by atoms with Gasteiger partial charge in [-0.05, 0) is 24.5 Å².